The minimum Gasteiger partial charge on any atom is -0.350 e. The lowest BCUT2D eigenvalue weighted by Crippen LogP contribution is -2.68. The summed E-state index contributed by atoms with van der Waals surface area (Å²) in [6.07, 6.45) is 5.16. The summed E-state index contributed by atoms with van der Waals surface area (Å²) in [6.45, 7) is 2.47. The van der Waals surface area contributed by atoms with Crippen LogP contribution in [0.3, 0.4) is 0 Å². The lowest BCUT2D eigenvalue weighted by molar-refractivity contribution is -2.00. The highest BCUT2D eigenvalue weighted by Crippen LogP contribution is 2.28. The van der Waals surface area contributed by atoms with E-state index in [4.69, 9.17) is 18.6 Å². The molecule has 0 unspecified atom stereocenters. The van der Waals surface area contributed by atoms with Gasteiger partial charge in [0.1, 0.15) is 18.8 Å². The minimum atomic E-state index is -4.94. The number of H-pyrrole nitrogens is 1. The summed E-state index contributed by atoms with van der Waals surface area (Å²) in [5.74, 6) is 0. The first-order chi connectivity index (χ1) is 10.4. The molecule has 7 heteroatoms. The van der Waals surface area contributed by atoms with E-state index in [1.165, 1.54) is 55.4 Å². The second kappa shape index (κ2) is 5.98. The van der Waals surface area contributed by atoms with Crippen LogP contribution in [0.25, 0.3) is 10.9 Å². The van der Waals surface area contributed by atoms with Gasteiger partial charge in [-0.2, -0.15) is 0 Å². The lowest BCUT2D eigenvalue weighted by atomic mass is 9.96. The number of aromatic nitrogens is 1. The zero-order valence-electron chi connectivity index (χ0n) is 12.0. The zero-order valence-corrected chi connectivity index (χ0v) is 12.8. The first-order valence-electron chi connectivity index (χ1n) is 7.26. The third kappa shape index (κ3) is 3.31. The van der Waals surface area contributed by atoms with Crippen LogP contribution in [-0.4, -0.2) is 28.4 Å². The second-order valence-electron chi connectivity index (χ2n) is 5.54. The summed E-state index contributed by atoms with van der Waals surface area (Å²) < 4.78 is 36.6. The molecule has 22 heavy (non-hydrogen) atoms. The number of nitrogens with one attached hydrogen (secondary N) is 1. The van der Waals surface area contributed by atoms with Gasteiger partial charge >= 0.3 is 0 Å². The molecular weight excluding hydrogens is 308 g/mol. The van der Waals surface area contributed by atoms with E-state index in [0.29, 0.717) is 0 Å². The van der Waals surface area contributed by atoms with E-state index < -0.39 is 10.2 Å². The maximum absolute atomic E-state index is 8.49. The van der Waals surface area contributed by atoms with Crippen LogP contribution in [0.5, 0.6) is 0 Å². The van der Waals surface area contributed by atoms with Gasteiger partial charge in [0, 0.05) is 30.2 Å². The molecule has 0 saturated carbocycles. The van der Waals surface area contributed by atoms with Crippen LogP contribution in [0.15, 0.2) is 24.3 Å². The maximum Gasteiger partial charge on any atom is 0.200 e. The van der Waals surface area contributed by atoms with Crippen LogP contribution in [0.4, 0.5) is 0 Å². The van der Waals surface area contributed by atoms with Gasteiger partial charge in [-0.05, 0) is 18.1 Å². The number of nitrogens with zero attached hydrogens (tertiary/aromatic N) is 1. The maximum atomic E-state index is 8.49. The third-order valence-electron chi connectivity index (χ3n) is 4.21. The fraction of sp³-hybridized carbons (Fsp3) is 0.400. The zero-order chi connectivity index (χ0) is 15.7. The number of hydrogen-bond donors (Lipinski definition) is 1. The molecule has 4 rings (SSSR count). The predicted molar refractivity (Wildman–Crippen MR) is 70.0 cm³/mol. The van der Waals surface area contributed by atoms with Crippen molar-refractivity contribution in [2.45, 2.75) is 25.7 Å². The number of hydrogen-bond acceptors (Lipinski definition) is 4. The molecule has 2 aliphatic heterocycles. The minimum absolute atomic E-state index is 1.20. The van der Waals surface area contributed by atoms with Crippen molar-refractivity contribution >= 4 is 16.6 Å². The van der Waals surface area contributed by atoms with E-state index in [0.717, 1.165) is 0 Å². The Morgan fingerprint density at radius 2 is 1.68 bits per heavy atom. The molecule has 3 heterocycles. The van der Waals surface area contributed by atoms with Gasteiger partial charge in [0.25, 0.3) is 0 Å². The summed E-state index contributed by atoms with van der Waals surface area (Å²) in [5.41, 5.74) is 5.84. The Kier molecular flexibility index (Phi) is 4.20. The standard InChI is InChI=1S/C15H16N2.ClHO4/c1-2-6-13-11(5-1)12-8-10-17-9-4-3-7-14(17)15(12)16-13;2-1(3,4)5/h1-2,5-6H,3-4,7-10H2;(H,2,3,4,5). The van der Waals surface area contributed by atoms with Crippen LogP contribution in [0, 0.1) is 10.2 Å². The molecular formula is C15H17ClN2O4. The molecule has 2 aromatic rings. The van der Waals surface area contributed by atoms with Crippen molar-refractivity contribution in [1.82, 2.24) is 4.98 Å². The molecule has 1 aromatic carbocycles. The summed E-state index contributed by atoms with van der Waals surface area (Å²) in [7, 11) is -4.94. The van der Waals surface area contributed by atoms with Crippen LogP contribution in [-0.2, 0) is 6.42 Å². The van der Waals surface area contributed by atoms with E-state index in [9.17, 15) is 0 Å². The summed E-state index contributed by atoms with van der Waals surface area (Å²) in [5, 5.41) is 1.43. The predicted octanol–water partition coefficient (Wildman–Crippen LogP) is -2.05. The molecule has 0 aliphatic carbocycles. The van der Waals surface area contributed by atoms with E-state index >= 15 is 0 Å². The van der Waals surface area contributed by atoms with E-state index in [2.05, 4.69) is 33.8 Å². The van der Waals surface area contributed by atoms with Gasteiger partial charge < -0.3 is 4.98 Å². The highest BCUT2D eigenvalue weighted by molar-refractivity contribution is 6.03. The average molecular weight is 325 g/mol. The highest BCUT2D eigenvalue weighted by Gasteiger charge is 2.30. The highest BCUT2D eigenvalue weighted by atomic mass is 35.7. The van der Waals surface area contributed by atoms with Crippen LogP contribution in [0.2, 0.25) is 0 Å². The smallest absolute Gasteiger partial charge is 0.200 e. The van der Waals surface area contributed by atoms with E-state index in [-0.39, 0.29) is 0 Å². The molecule has 1 N–H and O–H groups in total. The fourth-order valence-electron chi connectivity index (χ4n) is 3.37. The number of halogens is 1. The van der Waals surface area contributed by atoms with Crippen molar-refractivity contribution in [1.29, 1.82) is 0 Å². The van der Waals surface area contributed by atoms with Gasteiger partial charge in [-0.1, -0.05) is 18.2 Å². The molecule has 118 valence electrons. The van der Waals surface area contributed by atoms with E-state index in [1.54, 1.807) is 11.3 Å². The summed E-state index contributed by atoms with van der Waals surface area (Å²) >= 11 is 0. The lowest BCUT2D eigenvalue weighted by Gasteiger charge is -2.19. The fourth-order valence-corrected chi connectivity index (χ4v) is 3.37. The largest absolute Gasteiger partial charge is 0.350 e. The Labute approximate surface area is 130 Å². The van der Waals surface area contributed by atoms with Crippen LogP contribution < -0.4 is 18.6 Å². The van der Waals surface area contributed by atoms with Crippen LogP contribution in [0.1, 0.15) is 30.5 Å². The van der Waals surface area contributed by atoms with Gasteiger partial charge in [0.2, 0.25) is 0 Å². The van der Waals surface area contributed by atoms with Crippen molar-refractivity contribution in [2.24, 2.45) is 0 Å². The van der Waals surface area contributed by atoms with Crippen molar-refractivity contribution in [2.75, 3.05) is 13.1 Å². The first kappa shape index (κ1) is 15.5. The number of fused-ring (bicyclic) bond motifs is 4. The number of aromatic amines is 1. The molecule has 0 spiro atoms. The molecule has 0 saturated heterocycles. The monoisotopic (exact) mass is 324 g/mol. The first-order valence-corrected chi connectivity index (χ1v) is 8.49. The Morgan fingerprint density at radius 3 is 2.45 bits per heavy atom. The Balaban J connectivity index is 0.000000254. The van der Waals surface area contributed by atoms with Gasteiger partial charge in [-0.15, -0.1) is 10.2 Å². The van der Waals surface area contributed by atoms with Gasteiger partial charge in [-0.25, -0.2) is 23.2 Å². The Morgan fingerprint density at radius 1 is 0.955 bits per heavy atom. The SMILES string of the molecule is [O-][Cl+3]([O-])([O-])[O-].c1ccc2c3c([nH]c2c1)C1=[N+](CCCC1)CC3. The van der Waals surface area contributed by atoms with Crippen molar-refractivity contribution in [3.05, 3.63) is 35.5 Å². The second-order valence-corrected chi connectivity index (χ2v) is 6.30. The average Bonchev–Trinajstić information content (AvgIpc) is 2.84. The quantitative estimate of drug-likeness (QED) is 0.562. The molecule has 6 nitrogen and oxygen atoms in total. The molecule has 0 bridgehead atoms. The molecule has 0 fully saturated rings. The van der Waals surface area contributed by atoms with Crippen molar-refractivity contribution in [3.8, 4) is 0 Å². The number of para-hydroxylation sites is 1. The topological polar surface area (TPSA) is 111 Å². The van der Waals surface area contributed by atoms with Gasteiger partial charge in [0.05, 0.1) is 0 Å². The molecule has 0 radical (unpaired) electrons. The van der Waals surface area contributed by atoms with Gasteiger partial charge in [-0.3, -0.25) is 0 Å². The molecule has 0 atom stereocenters. The third-order valence-corrected chi connectivity index (χ3v) is 4.21. The Hall–Kier alpha value is -1.44. The number of benzene rings is 1. The number of rotatable bonds is 0. The molecule has 2 aliphatic rings. The normalized spacial score (nSPS) is 17.6. The van der Waals surface area contributed by atoms with Crippen molar-refractivity contribution < 1.29 is 33.5 Å². The summed E-state index contributed by atoms with van der Waals surface area (Å²) in [4.78, 5) is 3.64. The molecule has 1 aromatic heterocycles. The van der Waals surface area contributed by atoms with E-state index in [1.807, 2.05) is 0 Å². The molecule has 0 amide bonds. The summed E-state index contributed by atoms with van der Waals surface area (Å²) in [6, 6.07) is 8.72. The van der Waals surface area contributed by atoms with Crippen molar-refractivity contribution in [3.63, 3.8) is 0 Å². The Bertz CT molecular complexity index is 712. The van der Waals surface area contributed by atoms with Crippen LogP contribution >= 0.6 is 0 Å². The van der Waals surface area contributed by atoms with Gasteiger partial charge in [0.15, 0.2) is 5.71 Å².